The fourth-order valence-electron chi connectivity index (χ4n) is 1.30. The summed E-state index contributed by atoms with van der Waals surface area (Å²) in [6.45, 7) is 4.08. The zero-order valence-corrected chi connectivity index (χ0v) is 10.9. The summed E-state index contributed by atoms with van der Waals surface area (Å²) in [5, 5.41) is 13.3. The van der Waals surface area contributed by atoms with Crippen LogP contribution < -0.4 is 10.6 Å². The molecule has 0 aromatic carbocycles. The van der Waals surface area contributed by atoms with E-state index in [4.69, 9.17) is 4.74 Å². The minimum absolute atomic E-state index is 0.208. The van der Waals surface area contributed by atoms with Gasteiger partial charge in [0.15, 0.2) is 5.69 Å². The van der Waals surface area contributed by atoms with Gasteiger partial charge in [-0.1, -0.05) is 6.92 Å². The molecule has 0 fully saturated rings. The number of aromatic nitrogens is 2. The van der Waals surface area contributed by atoms with Gasteiger partial charge in [-0.25, -0.2) is 0 Å². The fourth-order valence-corrected chi connectivity index (χ4v) is 1.30. The van der Waals surface area contributed by atoms with Crippen LogP contribution in [0.1, 0.15) is 30.3 Å². The minimum atomic E-state index is -0.208. The largest absolute Gasteiger partial charge is 0.381 e. The number of anilines is 1. The molecule has 18 heavy (non-hydrogen) atoms. The first-order valence-electron chi connectivity index (χ1n) is 6.15. The third kappa shape index (κ3) is 5.09. The lowest BCUT2D eigenvalue weighted by Gasteiger charge is -2.05. The number of ether oxygens (including phenoxy) is 1. The monoisotopic (exact) mass is 252 g/mol. The molecule has 0 bridgehead atoms. The maximum atomic E-state index is 11.7. The van der Waals surface area contributed by atoms with Crippen LogP contribution in [0.2, 0.25) is 0 Å². The zero-order chi connectivity index (χ0) is 13.2. The van der Waals surface area contributed by atoms with E-state index in [-0.39, 0.29) is 5.91 Å². The third-order valence-corrected chi connectivity index (χ3v) is 2.25. The van der Waals surface area contributed by atoms with E-state index in [1.807, 2.05) is 0 Å². The molecule has 1 rings (SSSR count). The highest BCUT2D eigenvalue weighted by Gasteiger charge is 2.06. The topological polar surface area (TPSA) is 76.1 Å². The molecule has 0 saturated heterocycles. The Balaban J connectivity index is 2.23. The molecule has 0 aliphatic carbocycles. The van der Waals surface area contributed by atoms with Crippen LogP contribution in [-0.2, 0) is 4.74 Å². The van der Waals surface area contributed by atoms with Gasteiger partial charge in [0.05, 0.1) is 0 Å². The maximum Gasteiger partial charge on any atom is 0.271 e. The summed E-state index contributed by atoms with van der Waals surface area (Å²) < 4.78 is 5.31. The summed E-state index contributed by atoms with van der Waals surface area (Å²) in [5.74, 6) is 0.431. The SMILES string of the molecule is CCCOCCCNC(=O)c1ccc(NC)nn1. The summed E-state index contributed by atoms with van der Waals surface area (Å²) >= 11 is 0. The minimum Gasteiger partial charge on any atom is -0.381 e. The van der Waals surface area contributed by atoms with E-state index in [0.29, 0.717) is 24.7 Å². The Morgan fingerprint density at radius 1 is 1.33 bits per heavy atom. The zero-order valence-electron chi connectivity index (χ0n) is 10.9. The van der Waals surface area contributed by atoms with E-state index >= 15 is 0 Å². The van der Waals surface area contributed by atoms with Crippen molar-refractivity contribution < 1.29 is 9.53 Å². The Hall–Kier alpha value is -1.69. The fraction of sp³-hybridized carbons (Fsp3) is 0.583. The molecule has 1 heterocycles. The quantitative estimate of drug-likeness (QED) is 0.677. The van der Waals surface area contributed by atoms with Crippen molar-refractivity contribution in [1.82, 2.24) is 15.5 Å². The van der Waals surface area contributed by atoms with Crippen LogP contribution in [0.4, 0.5) is 5.82 Å². The summed E-state index contributed by atoms with van der Waals surface area (Å²) in [4.78, 5) is 11.7. The number of nitrogens with one attached hydrogen (secondary N) is 2. The highest BCUT2D eigenvalue weighted by atomic mass is 16.5. The lowest BCUT2D eigenvalue weighted by atomic mass is 10.3. The summed E-state index contributed by atoms with van der Waals surface area (Å²) in [6.07, 6.45) is 1.81. The van der Waals surface area contributed by atoms with Crippen molar-refractivity contribution in [2.75, 3.05) is 32.1 Å². The van der Waals surface area contributed by atoms with Crippen molar-refractivity contribution in [2.24, 2.45) is 0 Å². The molecule has 1 aromatic heterocycles. The molecule has 1 aromatic rings. The molecule has 0 aliphatic rings. The van der Waals surface area contributed by atoms with Crippen molar-refractivity contribution in [3.63, 3.8) is 0 Å². The molecule has 6 nitrogen and oxygen atoms in total. The second kappa shape index (κ2) is 8.41. The van der Waals surface area contributed by atoms with Gasteiger partial charge in [0.1, 0.15) is 5.82 Å². The summed E-state index contributed by atoms with van der Waals surface area (Å²) in [7, 11) is 1.75. The van der Waals surface area contributed by atoms with Gasteiger partial charge >= 0.3 is 0 Å². The molecular weight excluding hydrogens is 232 g/mol. The predicted octanol–water partition coefficient (Wildman–Crippen LogP) is 1.06. The molecule has 6 heteroatoms. The Morgan fingerprint density at radius 2 is 2.17 bits per heavy atom. The van der Waals surface area contributed by atoms with Gasteiger partial charge in [0.2, 0.25) is 0 Å². The van der Waals surface area contributed by atoms with Crippen LogP contribution in [-0.4, -0.2) is 42.9 Å². The second-order valence-electron chi connectivity index (χ2n) is 3.78. The van der Waals surface area contributed by atoms with Crippen LogP contribution in [0.5, 0.6) is 0 Å². The first-order valence-corrected chi connectivity index (χ1v) is 6.15. The van der Waals surface area contributed by atoms with Crippen molar-refractivity contribution in [2.45, 2.75) is 19.8 Å². The average molecular weight is 252 g/mol. The normalized spacial score (nSPS) is 10.1. The highest BCUT2D eigenvalue weighted by molar-refractivity contribution is 5.92. The van der Waals surface area contributed by atoms with E-state index in [1.54, 1.807) is 19.2 Å². The highest BCUT2D eigenvalue weighted by Crippen LogP contribution is 2.00. The molecule has 0 radical (unpaired) electrons. The molecule has 0 unspecified atom stereocenters. The molecule has 0 saturated carbocycles. The maximum absolute atomic E-state index is 11.7. The first kappa shape index (κ1) is 14.4. The van der Waals surface area contributed by atoms with Gasteiger partial charge < -0.3 is 15.4 Å². The predicted molar refractivity (Wildman–Crippen MR) is 69.6 cm³/mol. The second-order valence-corrected chi connectivity index (χ2v) is 3.78. The van der Waals surface area contributed by atoms with E-state index in [9.17, 15) is 4.79 Å². The molecule has 0 aliphatic heterocycles. The number of rotatable bonds is 8. The number of nitrogens with zero attached hydrogens (tertiary/aromatic N) is 2. The van der Waals surface area contributed by atoms with Crippen LogP contribution in [0, 0.1) is 0 Å². The van der Waals surface area contributed by atoms with Gasteiger partial charge in [-0.15, -0.1) is 10.2 Å². The smallest absolute Gasteiger partial charge is 0.271 e. The van der Waals surface area contributed by atoms with Crippen molar-refractivity contribution >= 4 is 11.7 Å². The van der Waals surface area contributed by atoms with Gasteiger partial charge in [-0.2, -0.15) is 0 Å². The van der Waals surface area contributed by atoms with Gasteiger partial charge in [-0.3, -0.25) is 4.79 Å². The number of carbonyl (C=O) groups excluding carboxylic acids is 1. The van der Waals surface area contributed by atoms with E-state index in [2.05, 4.69) is 27.8 Å². The Labute approximate surface area is 107 Å². The average Bonchev–Trinajstić information content (AvgIpc) is 2.42. The van der Waals surface area contributed by atoms with Gasteiger partial charge in [-0.05, 0) is 25.0 Å². The van der Waals surface area contributed by atoms with Crippen molar-refractivity contribution in [3.05, 3.63) is 17.8 Å². The van der Waals surface area contributed by atoms with Gasteiger partial charge in [0, 0.05) is 26.8 Å². The van der Waals surface area contributed by atoms with Gasteiger partial charge in [0.25, 0.3) is 5.91 Å². The number of hydrogen-bond acceptors (Lipinski definition) is 5. The standard InChI is InChI=1S/C12H20N4O2/c1-3-8-18-9-4-7-14-12(17)10-5-6-11(13-2)16-15-10/h5-6H,3-4,7-9H2,1-2H3,(H,13,16)(H,14,17). The lowest BCUT2D eigenvalue weighted by Crippen LogP contribution is -2.26. The molecule has 0 atom stereocenters. The van der Waals surface area contributed by atoms with E-state index in [1.165, 1.54) is 0 Å². The molecule has 2 N–H and O–H groups in total. The van der Waals surface area contributed by atoms with Crippen molar-refractivity contribution in [1.29, 1.82) is 0 Å². The number of carbonyl (C=O) groups is 1. The Bertz CT molecular complexity index is 354. The Kier molecular flexibility index (Phi) is 6.71. The summed E-state index contributed by atoms with van der Waals surface area (Å²) in [5.41, 5.74) is 0.323. The number of hydrogen-bond donors (Lipinski definition) is 2. The number of amides is 1. The van der Waals surface area contributed by atoms with Crippen LogP contribution in [0.15, 0.2) is 12.1 Å². The first-order chi connectivity index (χ1) is 8.77. The van der Waals surface area contributed by atoms with Crippen LogP contribution in [0.3, 0.4) is 0 Å². The third-order valence-electron chi connectivity index (χ3n) is 2.25. The summed E-state index contributed by atoms with van der Waals surface area (Å²) in [6, 6.07) is 3.36. The molecule has 100 valence electrons. The Morgan fingerprint density at radius 3 is 2.78 bits per heavy atom. The lowest BCUT2D eigenvalue weighted by molar-refractivity contribution is 0.0935. The van der Waals surface area contributed by atoms with Crippen LogP contribution >= 0.6 is 0 Å². The van der Waals surface area contributed by atoms with Crippen LogP contribution in [0.25, 0.3) is 0 Å². The molecule has 1 amide bonds. The van der Waals surface area contributed by atoms with E-state index in [0.717, 1.165) is 19.4 Å². The molecule has 0 spiro atoms. The molecular formula is C12H20N4O2. The van der Waals surface area contributed by atoms with Crippen molar-refractivity contribution in [3.8, 4) is 0 Å². The van der Waals surface area contributed by atoms with E-state index < -0.39 is 0 Å².